The van der Waals surface area contributed by atoms with Crippen LogP contribution in [0.5, 0.6) is 11.5 Å². The molecule has 1 amide bonds. The molecular formula is C23H24N2O3. The summed E-state index contributed by atoms with van der Waals surface area (Å²) in [6.45, 7) is 0.807. The van der Waals surface area contributed by atoms with E-state index in [4.69, 9.17) is 9.47 Å². The Bertz CT molecular complexity index is 863. The van der Waals surface area contributed by atoms with E-state index in [-0.39, 0.29) is 12.5 Å². The van der Waals surface area contributed by atoms with Crippen molar-refractivity contribution in [3.05, 3.63) is 84.4 Å². The van der Waals surface area contributed by atoms with Crippen LogP contribution in [0.1, 0.15) is 5.56 Å². The number of anilines is 2. The molecule has 5 heteroatoms. The lowest BCUT2D eigenvalue weighted by molar-refractivity contribution is -0.114. The molecule has 0 fully saturated rings. The molecule has 0 aliphatic rings. The number of amides is 1. The Morgan fingerprint density at radius 1 is 0.821 bits per heavy atom. The van der Waals surface area contributed by atoms with Gasteiger partial charge in [0.05, 0.1) is 20.3 Å². The van der Waals surface area contributed by atoms with Crippen molar-refractivity contribution in [2.75, 3.05) is 30.9 Å². The summed E-state index contributed by atoms with van der Waals surface area (Å²) in [6, 6.07) is 25.1. The smallest absolute Gasteiger partial charge is 0.243 e. The molecule has 0 aliphatic heterocycles. The molecule has 0 unspecified atom stereocenters. The van der Waals surface area contributed by atoms with Crippen molar-refractivity contribution in [2.24, 2.45) is 0 Å². The number of hydrogen-bond acceptors (Lipinski definition) is 4. The largest absolute Gasteiger partial charge is 0.497 e. The van der Waals surface area contributed by atoms with Gasteiger partial charge in [-0.25, -0.2) is 0 Å². The Morgan fingerprint density at radius 2 is 1.46 bits per heavy atom. The highest BCUT2D eigenvalue weighted by Crippen LogP contribution is 2.17. The second-order valence-corrected chi connectivity index (χ2v) is 6.24. The fraction of sp³-hybridized carbons (Fsp3) is 0.174. The van der Waals surface area contributed by atoms with Crippen molar-refractivity contribution < 1.29 is 14.3 Å². The van der Waals surface area contributed by atoms with Gasteiger partial charge in [-0.2, -0.15) is 0 Å². The highest BCUT2D eigenvalue weighted by Gasteiger charge is 2.03. The third kappa shape index (κ3) is 6.06. The van der Waals surface area contributed by atoms with Gasteiger partial charge in [0.25, 0.3) is 0 Å². The van der Waals surface area contributed by atoms with E-state index in [1.807, 2.05) is 42.5 Å². The molecule has 0 aromatic heterocycles. The van der Waals surface area contributed by atoms with Crippen LogP contribution < -0.4 is 20.1 Å². The molecule has 0 aliphatic carbocycles. The number of benzene rings is 3. The maximum Gasteiger partial charge on any atom is 0.243 e. The zero-order chi connectivity index (χ0) is 19.6. The molecule has 3 aromatic carbocycles. The molecule has 28 heavy (non-hydrogen) atoms. The van der Waals surface area contributed by atoms with Gasteiger partial charge in [0, 0.05) is 17.8 Å². The van der Waals surface area contributed by atoms with Crippen LogP contribution >= 0.6 is 0 Å². The number of nitrogens with one attached hydrogen (secondary N) is 2. The number of ether oxygens (including phenoxy) is 2. The van der Waals surface area contributed by atoms with E-state index >= 15 is 0 Å². The zero-order valence-corrected chi connectivity index (χ0v) is 15.9. The monoisotopic (exact) mass is 376 g/mol. The predicted octanol–water partition coefficient (Wildman–Crippen LogP) is 4.37. The summed E-state index contributed by atoms with van der Waals surface area (Å²) in [6.07, 6.45) is 0.867. The lowest BCUT2D eigenvalue weighted by Crippen LogP contribution is -2.21. The van der Waals surface area contributed by atoms with E-state index in [0.717, 1.165) is 29.3 Å². The molecule has 3 rings (SSSR count). The first-order valence-electron chi connectivity index (χ1n) is 9.17. The van der Waals surface area contributed by atoms with Crippen LogP contribution in [0.3, 0.4) is 0 Å². The Hall–Kier alpha value is -3.47. The summed E-state index contributed by atoms with van der Waals surface area (Å²) in [5, 5.41) is 5.94. The molecular weight excluding hydrogens is 352 g/mol. The Balaban J connectivity index is 1.40. The van der Waals surface area contributed by atoms with Crippen molar-refractivity contribution in [3.63, 3.8) is 0 Å². The van der Waals surface area contributed by atoms with Crippen LogP contribution in [-0.4, -0.2) is 26.2 Å². The second kappa shape index (κ2) is 10.0. The first-order chi connectivity index (χ1) is 13.7. The molecule has 0 atom stereocenters. The average molecular weight is 376 g/mol. The first kappa shape index (κ1) is 19.3. The molecule has 144 valence electrons. The van der Waals surface area contributed by atoms with E-state index in [2.05, 4.69) is 22.8 Å². The van der Waals surface area contributed by atoms with E-state index in [9.17, 15) is 4.79 Å². The maximum atomic E-state index is 12.1. The summed E-state index contributed by atoms with van der Waals surface area (Å²) >= 11 is 0. The van der Waals surface area contributed by atoms with Crippen LogP contribution in [0.2, 0.25) is 0 Å². The summed E-state index contributed by atoms with van der Waals surface area (Å²) in [4.78, 5) is 12.1. The number of hydrogen-bond donors (Lipinski definition) is 2. The second-order valence-electron chi connectivity index (χ2n) is 6.24. The minimum absolute atomic E-state index is 0.117. The van der Waals surface area contributed by atoms with Crippen molar-refractivity contribution in [2.45, 2.75) is 6.42 Å². The number of methoxy groups -OCH3 is 1. The fourth-order valence-electron chi connectivity index (χ4n) is 2.66. The van der Waals surface area contributed by atoms with Gasteiger partial charge in [-0.15, -0.1) is 0 Å². The SMILES string of the molecule is COc1ccc(NC(=O)CNc2ccc(OCCc3ccccc3)cc2)cc1. The van der Waals surface area contributed by atoms with Gasteiger partial charge in [-0.3, -0.25) is 4.79 Å². The molecule has 3 aromatic rings. The van der Waals surface area contributed by atoms with Gasteiger partial charge in [0.1, 0.15) is 11.5 Å². The summed E-state index contributed by atoms with van der Waals surface area (Å²) < 4.78 is 10.9. The minimum Gasteiger partial charge on any atom is -0.497 e. The number of rotatable bonds is 9. The Labute approximate surface area is 165 Å². The molecule has 0 saturated heterocycles. The Morgan fingerprint density at radius 3 is 2.14 bits per heavy atom. The number of carbonyl (C=O) groups is 1. The Kier molecular flexibility index (Phi) is 6.90. The van der Waals surface area contributed by atoms with Crippen molar-refractivity contribution in [3.8, 4) is 11.5 Å². The van der Waals surface area contributed by atoms with Crippen LogP contribution in [0.15, 0.2) is 78.9 Å². The molecule has 0 radical (unpaired) electrons. The van der Waals surface area contributed by atoms with Crippen molar-refractivity contribution in [1.82, 2.24) is 0 Å². The molecule has 0 saturated carbocycles. The molecule has 0 heterocycles. The lowest BCUT2D eigenvalue weighted by atomic mass is 10.2. The molecule has 5 nitrogen and oxygen atoms in total. The fourth-order valence-corrected chi connectivity index (χ4v) is 2.66. The van der Waals surface area contributed by atoms with Crippen LogP contribution in [0.25, 0.3) is 0 Å². The van der Waals surface area contributed by atoms with E-state index in [1.54, 1.807) is 31.4 Å². The quantitative estimate of drug-likeness (QED) is 0.582. The van der Waals surface area contributed by atoms with E-state index in [1.165, 1.54) is 5.56 Å². The maximum absolute atomic E-state index is 12.1. The highest BCUT2D eigenvalue weighted by molar-refractivity contribution is 5.93. The number of carbonyl (C=O) groups excluding carboxylic acids is 1. The normalized spacial score (nSPS) is 10.2. The van der Waals surface area contributed by atoms with Crippen LogP contribution in [-0.2, 0) is 11.2 Å². The third-order valence-corrected chi connectivity index (χ3v) is 4.18. The lowest BCUT2D eigenvalue weighted by Gasteiger charge is -2.10. The predicted molar refractivity (Wildman–Crippen MR) is 112 cm³/mol. The van der Waals surface area contributed by atoms with Crippen molar-refractivity contribution in [1.29, 1.82) is 0 Å². The van der Waals surface area contributed by atoms with Crippen LogP contribution in [0.4, 0.5) is 11.4 Å². The molecule has 2 N–H and O–H groups in total. The topological polar surface area (TPSA) is 59.6 Å². The van der Waals surface area contributed by atoms with Gasteiger partial charge >= 0.3 is 0 Å². The summed E-state index contributed by atoms with van der Waals surface area (Å²) in [5.74, 6) is 1.44. The van der Waals surface area contributed by atoms with Gasteiger partial charge in [0.2, 0.25) is 5.91 Å². The highest BCUT2D eigenvalue weighted by atomic mass is 16.5. The third-order valence-electron chi connectivity index (χ3n) is 4.18. The average Bonchev–Trinajstić information content (AvgIpc) is 2.74. The van der Waals surface area contributed by atoms with Gasteiger partial charge in [-0.1, -0.05) is 30.3 Å². The van der Waals surface area contributed by atoms with Gasteiger partial charge in [0.15, 0.2) is 0 Å². The van der Waals surface area contributed by atoms with Gasteiger partial charge < -0.3 is 20.1 Å². The van der Waals surface area contributed by atoms with Gasteiger partial charge in [-0.05, 0) is 54.1 Å². The first-order valence-corrected chi connectivity index (χ1v) is 9.17. The zero-order valence-electron chi connectivity index (χ0n) is 15.9. The minimum atomic E-state index is -0.117. The molecule has 0 spiro atoms. The van der Waals surface area contributed by atoms with E-state index in [0.29, 0.717) is 6.61 Å². The molecule has 0 bridgehead atoms. The standard InChI is InChI=1S/C23H24N2O3/c1-27-21-11-9-20(10-12-21)25-23(26)17-24-19-7-13-22(14-8-19)28-16-15-18-5-3-2-4-6-18/h2-14,24H,15-17H2,1H3,(H,25,26). The van der Waals surface area contributed by atoms with E-state index < -0.39 is 0 Å². The van der Waals surface area contributed by atoms with Crippen molar-refractivity contribution >= 4 is 17.3 Å². The van der Waals surface area contributed by atoms with Crippen LogP contribution in [0, 0.1) is 0 Å². The summed E-state index contributed by atoms with van der Waals surface area (Å²) in [7, 11) is 1.61. The summed E-state index contributed by atoms with van der Waals surface area (Å²) in [5.41, 5.74) is 2.85.